The van der Waals surface area contributed by atoms with Crippen LogP contribution < -0.4 is 5.32 Å². The van der Waals surface area contributed by atoms with Gasteiger partial charge in [0.15, 0.2) is 11.6 Å². The van der Waals surface area contributed by atoms with E-state index in [0.717, 1.165) is 54.8 Å². The molecule has 4 heterocycles. The van der Waals surface area contributed by atoms with Gasteiger partial charge in [-0.3, -0.25) is 9.69 Å². The summed E-state index contributed by atoms with van der Waals surface area (Å²) in [6.45, 7) is 5.36. The Hall–Kier alpha value is -3.30. The Kier molecular flexibility index (Phi) is 5.83. The molecule has 3 aromatic heterocycles. The Bertz CT molecular complexity index is 1180. The minimum absolute atomic E-state index is 0.255. The zero-order chi connectivity index (χ0) is 21.9. The number of fused-ring (bicyclic) bond motifs is 1. The van der Waals surface area contributed by atoms with Crippen molar-refractivity contribution < 1.29 is 9.21 Å². The molecule has 1 aliphatic heterocycles. The van der Waals surface area contributed by atoms with E-state index in [2.05, 4.69) is 42.1 Å². The molecule has 9 heteroatoms. The lowest BCUT2D eigenvalue weighted by atomic mass is 10.2. The number of aromatic nitrogens is 4. The van der Waals surface area contributed by atoms with Crippen LogP contribution in [0.5, 0.6) is 0 Å². The van der Waals surface area contributed by atoms with E-state index in [1.807, 2.05) is 31.3 Å². The highest BCUT2D eigenvalue weighted by Crippen LogP contribution is 2.26. The van der Waals surface area contributed by atoms with Crippen LogP contribution in [0.4, 0.5) is 0 Å². The van der Waals surface area contributed by atoms with Crippen LogP contribution in [0.25, 0.3) is 10.6 Å². The lowest BCUT2D eigenvalue weighted by molar-refractivity contribution is 0.0909. The van der Waals surface area contributed by atoms with Crippen LogP contribution >= 0.6 is 11.3 Å². The van der Waals surface area contributed by atoms with Crippen molar-refractivity contribution >= 4 is 17.2 Å². The van der Waals surface area contributed by atoms with Gasteiger partial charge in [-0.25, -0.2) is 4.98 Å². The van der Waals surface area contributed by atoms with Crippen LogP contribution in [0.2, 0.25) is 0 Å². The van der Waals surface area contributed by atoms with E-state index in [-0.39, 0.29) is 17.7 Å². The van der Waals surface area contributed by atoms with Crippen LogP contribution in [0.15, 0.2) is 59.3 Å². The third kappa shape index (κ3) is 4.35. The van der Waals surface area contributed by atoms with Gasteiger partial charge in [0, 0.05) is 49.2 Å². The summed E-state index contributed by atoms with van der Waals surface area (Å²) in [4.78, 5) is 20.6. The molecule has 1 amide bonds. The van der Waals surface area contributed by atoms with E-state index >= 15 is 0 Å². The van der Waals surface area contributed by atoms with E-state index < -0.39 is 0 Å². The van der Waals surface area contributed by atoms with Crippen LogP contribution in [0.3, 0.4) is 0 Å². The van der Waals surface area contributed by atoms with Gasteiger partial charge < -0.3 is 14.3 Å². The predicted molar refractivity (Wildman–Crippen MR) is 121 cm³/mol. The van der Waals surface area contributed by atoms with Crippen molar-refractivity contribution in [2.45, 2.75) is 32.5 Å². The first kappa shape index (κ1) is 20.6. The maximum atomic E-state index is 12.3. The first-order valence-corrected chi connectivity index (χ1v) is 11.5. The highest BCUT2D eigenvalue weighted by Gasteiger charge is 2.24. The molecular formula is C23H24N6O2S. The van der Waals surface area contributed by atoms with Gasteiger partial charge in [0.25, 0.3) is 5.91 Å². The van der Waals surface area contributed by atoms with Gasteiger partial charge in [-0.2, -0.15) is 0 Å². The number of hydrogen-bond acceptors (Lipinski definition) is 7. The van der Waals surface area contributed by atoms with Crippen molar-refractivity contribution in [3.05, 3.63) is 77.2 Å². The van der Waals surface area contributed by atoms with Gasteiger partial charge in [-0.1, -0.05) is 30.3 Å². The molecule has 164 valence electrons. The van der Waals surface area contributed by atoms with Gasteiger partial charge >= 0.3 is 0 Å². The minimum atomic E-state index is -0.268. The van der Waals surface area contributed by atoms with E-state index in [9.17, 15) is 4.79 Å². The molecule has 1 aliphatic rings. The summed E-state index contributed by atoms with van der Waals surface area (Å²) in [7, 11) is 0. The first-order valence-electron chi connectivity index (χ1n) is 10.7. The molecular weight excluding hydrogens is 424 g/mol. The summed E-state index contributed by atoms with van der Waals surface area (Å²) in [5.41, 5.74) is 1.15. The third-order valence-electron chi connectivity index (χ3n) is 5.58. The maximum absolute atomic E-state index is 12.3. The van der Waals surface area contributed by atoms with Gasteiger partial charge in [-0.05, 0) is 19.1 Å². The second-order valence-corrected chi connectivity index (χ2v) is 8.94. The lowest BCUT2D eigenvalue weighted by Crippen LogP contribution is -2.30. The Balaban J connectivity index is 1.23. The third-order valence-corrected chi connectivity index (χ3v) is 6.61. The van der Waals surface area contributed by atoms with Crippen molar-refractivity contribution in [1.29, 1.82) is 0 Å². The summed E-state index contributed by atoms with van der Waals surface area (Å²) < 4.78 is 7.32. The highest BCUT2D eigenvalue weighted by molar-refractivity contribution is 7.15. The molecule has 0 spiro atoms. The number of amides is 1. The maximum Gasteiger partial charge on any atom is 0.287 e. The van der Waals surface area contributed by atoms with Gasteiger partial charge in [0.1, 0.15) is 10.8 Å². The lowest BCUT2D eigenvalue weighted by Gasteiger charge is -2.19. The molecule has 1 N–H and O–H groups in total. The Morgan fingerprint density at radius 1 is 1.16 bits per heavy atom. The number of benzene rings is 1. The van der Waals surface area contributed by atoms with Crippen LogP contribution in [0, 0.1) is 0 Å². The molecule has 4 aromatic rings. The molecule has 5 rings (SSSR count). The number of thiazole rings is 1. The summed E-state index contributed by atoms with van der Waals surface area (Å²) in [6, 6.07) is 13.4. The van der Waals surface area contributed by atoms with Crippen molar-refractivity contribution in [2.24, 2.45) is 0 Å². The highest BCUT2D eigenvalue weighted by atomic mass is 32.1. The topological polar surface area (TPSA) is 89.1 Å². The molecule has 1 aromatic carbocycles. The fraction of sp³-hybridized carbons (Fsp3) is 0.304. The number of rotatable bonds is 6. The Labute approximate surface area is 189 Å². The SMILES string of the molecule is CC(NC(=O)c1ccco1)c1nnc2n1CCN(Cc1cnc(-c3ccccc3)s1)CC2. The first-order chi connectivity index (χ1) is 15.7. The molecule has 32 heavy (non-hydrogen) atoms. The normalized spacial score (nSPS) is 15.2. The summed E-state index contributed by atoms with van der Waals surface area (Å²) in [5.74, 6) is 1.76. The van der Waals surface area contributed by atoms with Crippen molar-refractivity contribution in [1.82, 2.24) is 30.0 Å². The Morgan fingerprint density at radius 3 is 2.84 bits per heavy atom. The monoisotopic (exact) mass is 448 g/mol. The molecule has 1 unspecified atom stereocenters. The van der Waals surface area contributed by atoms with Crippen molar-refractivity contribution in [3.63, 3.8) is 0 Å². The van der Waals surface area contributed by atoms with Gasteiger partial charge in [0.2, 0.25) is 0 Å². The van der Waals surface area contributed by atoms with E-state index in [1.54, 1.807) is 23.5 Å². The number of carbonyl (C=O) groups is 1. The van der Waals surface area contributed by atoms with Gasteiger partial charge in [0.05, 0.1) is 12.3 Å². The molecule has 0 fully saturated rings. The molecule has 0 bridgehead atoms. The zero-order valence-electron chi connectivity index (χ0n) is 17.8. The van der Waals surface area contributed by atoms with Crippen LogP contribution in [-0.4, -0.2) is 43.6 Å². The van der Waals surface area contributed by atoms with Gasteiger partial charge in [-0.15, -0.1) is 21.5 Å². The number of nitrogens with zero attached hydrogens (tertiary/aromatic N) is 5. The minimum Gasteiger partial charge on any atom is -0.459 e. The van der Waals surface area contributed by atoms with E-state index in [4.69, 9.17) is 4.42 Å². The fourth-order valence-corrected chi connectivity index (χ4v) is 4.88. The average molecular weight is 449 g/mol. The standard InChI is InChI=1S/C23H24N6O2S/c1-16(25-22(30)19-8-5-13-31-19)21-27-26-20-9-10-28(11-12-29(20)21)15-18-14-24-23(32-18)17-6-3-2-4-7-17/h2-8,13-14,16H,9-12,15H2,1H3,(H,25,30). The predicted octanol–water partition coefficient (Wildman–Crippen LogP) is 3.54. The van der Waals surface area contributed by atoms with Crippen molar-refractivity contribution in [3.8, 4) is 10.6 Å². The number of furan rings is 1. The summed E-state index contributed by atoms with van der Waals surface area (Å²) >= 11 is 1.74. The zero-order valence-corrected chi connectivity index (χ0v) is 18.6. The summed E-state index contributed by atoms with van der Waals surface area (Å²) in [5, 5.41) is 12.8. The largest absolute Gasteiger partial charge is 0.459 e. The van der Waals surface area contributed by atoms with E-state index in [1.165, 1.54) is 11.1 Å². The van der Waals surface area contributed by atoms with E-state index in [0.29, 0.717) is 0 Å². The molecule has 0 radical (unpaired) electrons. The van der Waals surface area contributed by atoms with Crippen molar-refractivity contribution in [2.75, 3.05) is 13.1 Å². The quantitative estimate of drug-likeness (QED) is 0.485. The number of hydrogen-bond donors (Lipinski definition) is 1. The molecule has 8 nitrogen and oxygen atoms in total. The molecule has 1 atom stereocenters. The fourth-order valence-electron chi connectivity index (χ4n) is 3.92. The second kappa shape index (κ2) is 9.05. The number of nitrogens with one attached hydrogen (secondary N) is 1. The molecule has 0 saturated carbocycles. The molecule has 0 saturated heterocycles. The number of carbonyl (C=O) groups excluding carboxylic acids is 1. The van der Waals surface area contributed by atoms with Crippen LogP contribution in [0.1, 0.15) is 40.0 Å². The second-order valence-electron chi connectivity index (χ2n) is 7.82. The smallest absolute Gasteiger partial charge is 0.287 e. The Morgan fingerprint density at radius 2 is 2.03 bits per heavy atom. The average Bonchev–Trinajstić information content (AvgIpc) is 3.55. The van der Waals surface area contributed by atoms with Crippen LogP contribution in [-0.2, 0) is 19.5 Å². The summed E-state index contributed by atoms with van der Waals surface area (Å²) in [6.07, 6.45) is 4.29. The molecule has 0 aliphatic carbocycles.